The van der Waals surface area contributed by atoms with Gasteiger partial charge in [0.2, 0.25) is 0 Å². The van der Waals surface area contributed by atoms with Crippen LogP contribution in [-0.4, -0.2) is 22.9 Å². The fourth-order valence-corrected chi connectivity index (χ4v) is 1.25. The summed E-state index contributed by atoms with van der Waals surface area (Å²) in [6.07, 6.45) is 0. The number of halogens is 2. The molecule has 1 rings (SSSR count). The molecule has 1 aromatic rings. The lowest BCUT2D eigenvalue weighted by molar-refractivity contribution is -0.0108. The monoisotopic (exact) mass is 220 g/mol. The molecule has 0 bridgehead atoms. The molecule has 1 N–H and O–H groups in total. The third-order valence-electron chi connectivity index (χ3n) is 1.77. The summed E-state index contributed by atoms with van der Waals surface area (Å²) in [5, 5.41) is 3.69. The van der Waals surface area contributed by atoms with Crippen LogP contribution in [0, 0.1) is 0 Å². The zero-order valence-electron chi connectivity index (χ0n) is 7.75. The van der Waals surface area contributed by atoms with Crippen molar-refractivity contribution in [2.24, 2.45) is 0 Å². The molecule has 0 saturated heterocycles. The van der Waals surface area contributed by atoms with Crippen molar-refractivity contribution in [1.82, 2.24) is 10.3 Å². The van der Waals surface area contributed by atoms with E-state index in [0.29, 0.717) is 0 Å². The molecule has 6 heteroatoms. The maximum Gasteiger partial charge on any atom is 0.271 e. The van der Waals surface area contributed by atoms with Crippen LogP contribution < -0.4 is 5.32 Å². The fraction of sp³-hybridized carbons (Fsp3) is 0.500. The maximum atomic E-state index is 12.7. The van der Waals surface area contributed by atoms with Gasteiger partial charge in [0.25, 0.3) is 11.8 Å². The molecule has 1 unspecified atom stereocenters. The Balaban J connectivity index is 2.58. The number of carbonyl (C=O) groups is 1. The molecule has 0 aromatic carbocycles. The Labute approximate surface area is 84.2 Å². The lowest BCUT2D eigenvalue weighted by Crippen LogP contribution is -2.43. The van der Waals surface area contributed by atoms with Crippen LogP contribution in [-0.2, 0) is 0 Å². The Hall–Kier alpha value is -1.04. The van der Waals surface area contributed by atoms with Gasteiger partial charge < -0.3 is 5.32 Å². The van der Waals surface area contributed by atoms with Gasteiger partial charge in [0.1, 0.15) is 5.69 Å². The molecule has 0 aliphatic heterocycles. The quantitative estimate of drug-likeness (QED) is 0.845. The summed E-state index contributed by atoms with van der Waals surface area (Å²) in [6, 6.07) is -1.20. The van der Waals surface area contributed by atoms with Crippen molar-refractivity contribution in [2.75, 3.05) is 0 Å². The molecular formula is C8H10F2N2OS. The topological polar surface area (TPSA) is 42.0 Å². The molecule has 0 aliphatic rings. The summed E-state index contributed by atoms with van der Waals surface area (Å²) in [5.74, 6) is -3.49. The predicted molar refractivity (Wildman–Crippen MR) is 49.7 cm³/mol. The van der Waals surface area contributed by atoms with Crippen LogP contribution in [0.1, 0.15) is 24.3 Å². The third kappa shape index (κ3) is 2.73. The van der Waals surface area contributed by atoms with Crippen molar-refractivity contribution in [3.8, 4) is 0 Å². The van der Waals surface area contributed by atoms with Crippen LogP contribution in [0.3, 0.4) is 0 Å². The number of hydrogen-bond donors (Lipinski definition) is 1. The Kier molecular flexibility index (Phi) is 3.15. The number of nitrogens with one attached hydrogen (secondary N) is 1. The van der Waals surface area contributed by atoms with Gasteiger partial charge in [0.05, 0.1) is 11.6 Å². The molecule has 0 saturated carbocycles. The molecule has 1 amide bonds. The summed E-state index contributed by atoms with van der Waals surface area (Å²) >= 11 is 1.24. The molecular weight excluding hydrogens is 210 g/mol. The first-order valence-electron chi connectivity index (χ1n) is 3.98. The molecule has 3 nitrogen and oxygen atoms in total. The lowest BCUT2D eigenvalue weighted by Gasteiger charge is -2.19. The van der Waals surface area contributed by atoms with E-state index in [9.17, 15) is 13.6 Å². The highest BCUT2D eigenvalue weighted by Crippen LogP contribution is 2.17. The van der Waals surface area contributed by atoms with E-state index in [4.69, 9.17) is 0 Å². The van der Waals surface area contributed by atoms with Crippen molar-refractivity contribution in [3.63, 3.8) is 0 Å². The standard InChI is InChI=1S/C8H10F2N2OS/c1-5(8(2,9)10)12-7(13)6-3-14-4-11-6/h3-5H,1-2H3,(H,12,13). The van der Waals surface area contributed by atoms with E-state index in [-0.39, 0.29) is 5.69 Å². The minimum Gasteiger partial charge on any atom is -0.342 e. The van der Waals surface area contributed by atoms with Crippen molar-refractivity contribution in [1.29, 1.82) is 0 Å². The van der Waals surface area contributed by atoms with Crippen LogP contribution in [0.15, 0.2) is 10.9 Å². The second-order valence-corrected chi connectivity index (χ2v) is 3.74. The normalized spacial score (nSPS) is 13.7. The number of hydrogen-bond acceptors (Lipinski definition) is 3. The van der Waals surface area contributed by atoms with E-state index in [1.165, 1.54) is 29.2 Å². The second-order valence-electron chi connectivity index (χ2n) is 3.03. The van der Waals surface area contributed by atoms with E-state index < -0.39 is 17.9 Å². The Morgan fingerprint density at radius 3 is 2.79 bits per heavy atom. The molecule has 1 atom stereocenters. The number of rotatable bonds is 3. The van der Waals surface area contributed by atoms with Gasteiger partial charge in [-0.1, -0.05) is 0 Å². The predicted octanol–water partition coefficient (Wildman–Crippen LogP) is 1.92. The second kappa shape index (κ2) is 4.00. The van der Waals surface area contributed by atoms with Crippen molar-refractivity contribution in [2.45, 2.75) is 25.8 Å². The molecule has 0 spiro atoms. The fourth-order valence-electron chi connectivity index (χ4n) is 0.722. The van der Waals surface area contributed by atoms with E-state index in [2.05, 4.69) is 10.3 Å². The zero-order valence-corrected chi connectivity index (χ0v) is 8.57. The molecule has 14 heavy (non-hydrogen) atoms. The van der Waals surface area contributed by atoms with E-state index in [1.54, 1.807) is 0 Å². The van der Waals surface area contributed by atoms with Gasteiger partial charge in [-0.25, -0.2) is 13.8 Å². The van der Waals surface area contributed by atoms with Gasteiger partial charge in [-0.3, -0.25) is 4.79 Å². The van der Waals surface area contributed by atoms with Crippen molar-refractivity contribution >= 4 is 17.2 Å². The van der Waals surface area contributed by atoms with Gasteiger partial charge in [-0.05, 0) is 6.92 Å². The Bertz CT molecular complexity index is 308. The third-order valence-corrected chi connectivity index (χ3v) is 2.36. The van der Waals surface area contributed by atoms with E-state index in [0.717, 1.165) is 6.92 Å². The van der Waals surface area contributed by atoms with Crippen LogP contribution in [0.25, 0.3) is 0 Å². The molecule has 1 heterocycles. The SMILES string of the molecule is CC(NC(=O)c1cscn1)C(C)(F)F. The Morgan fingerprint density at radius 2 is 2.36 bits per heavy atom. The first kappa shape index (κ1) is 11.0. The highest BCUT2D eigenvalue weighted by Gasteiger charge is 2.31. The van der Waals surface area contributed by atoms with Gasteiger partial charge >= 0.3 is 0 Å². The molecule has 78 valence electrons. The number of carbonyl (C=O) groups excluding carboxylic acids is 1. The number of thiazole rings is 1. The zero-order chi connectivity index (χ0) is 10.8. The molecule has 0 radical (unpaired) electrons. The van der Waals surface area contributed by atoms with E-state index in [1.807, 2.05) is 0 Å². The van der Waals surface area contributed by atoms with Crippen molar-refractivity contribution in [3.05, 3.63) is 16.6 Å². The minimum atomic E-state index is -2.92. The van der Waals surface area contributed by atoms with E-state index >= 15 is 0 Å². The van der Waals surface area contributed by atoms with Crippen molar-refractivity contribution < 1.29 is 13.6 Å². The number of amides is 1. The number of nitrogens with zero attached hydrogens (tertiary/aromatic N) is 1. The Morgan fingerprint density at radius 1 is 1.71 bits per heavy atom. The molecule has 0 fully saturated rings. The number of aromatic nitrogens is 1. The minimum absolute atomic E-state index is 0.172. The summed E-state index contributed by atoms with van der Waals surface area (Å²) in [4.78, 5) is 15.0. The van der Waals surface area contributed by atoms with Gasteiger partial charge in [0, 0.05) is 12.3 Å². The van der Waals surface area contributed by atoms with Gasteiger partial charge in [-0.2, -0.15) is 0 Å². The molecule has 1 aromatic heterocycles. The summed E-state index contributed by atoms with van der Waals surface area (Å²) in [5.41, 5.74) is 1.65. The highest BCUT2D eigenvalue weighted by atomic mass is 32.1. The lowest BCUT2D eigenvalue weighted by atomic mass is 10.2. The van der Waals surface area contributed by atoms with Gasteiger partial charge in [0.15, 0.2) is 0 Å². The van der Waals surface area contributed by atoms with Gasteiger partial charge in [-0.15, -0.1) is 11.3 Å². The first-order chi connectivity index (χ1) is 6.41. The summed E-state index contributed by atoms with van der Waals surface area (Å²) in [7, 11) is 0. The van der Waals surface area contributed by atoms with Crippen LogP contribution in [0.5, 0.6) is 0 Å². The maximum absolute atomic E-state index is 12.7. The van der Waals surface area contributed by atoms with Crippen LogP contribution in [0.2, 0.25) is 0 Å². The number of alkyl halides is 2. The summed E-state index contributed by atoms with van der Waals surface area (Å²) < 4.78 is 25.4. The average Bonchev–Trinajstić information content (AvgIpc) is 2.53. The summed E-state index contributed by atoms with van der Waals surface area (Å²) in [6.45, 7) is 2.02. The largest absolute Gasteiger partial charge is 0.342 e. The average molecular weight is 220 g/mol. The molecule has 0 aliphatic carbocycles. The van der Waals surface area contributed by atoms with Crippen LogP contribution >= 0.6 is 11.3 Å². The highest BCUT2D eigenvalue weighted by molar-refractivity contribution is 7.07. The smallest absolute Gasteiger partial charge is 0.271 e. The first-order valence-corrected chi connectivity index (χ1v) is 4.92. The van der Waals surface area contributed by atoms with Crippen LogP contribution in [0.4, 0.5) is 8.78 Å².